The third-order valence-electron chi connectivity index (χ3n) is 8.33. The van der Waals surface area contributed by atoms with Crippen LogP contribution >= 0.6 is 0 Å². The molecule has 2 fully saturated rings. The highest BCUT2D eigenvalue weighted by atomic mass is 16.5. The number of aryl methyl sites for hydroxylation is 1. The van der Waals surface area contributed by atoms with Crippen molar-refractivity contribution in [2.45, 2.75) is 77.4 Å². The number of hydrogen-bond donors (Lipinski definition) is 3. The number of urea groups is 1. The Bertz CT molecular complexity index is 1350. The summed E-state index contributed by atoms with van der Waals surface area (Å²) in [6.07, 6.45) is 9.60. The smallest absolute Gasteiger partial charge is 0.319 e. The molecule has 3 N–H and O–H groups in total. The molecule has 3 aromatic carbocycles. The van der Waals surface area contributed by atoms with Gasteiger partial charge >= 0.3 is 6.03 Å². The maximum absolute atomic E-state index is 12.9. The number of nitrogens with one attached hydrogen (secondary N) is 3. The molecule has 0 bridgehead atoms. The van der Waals surface area contributed by atoms with Gasteiger partial charge in [-0.05, 0) is 111 Å². The Kier molecular flexibility index (Phi) is 10.6. The highest BCUT2D eigenvalue weighted by molar-refractivity contribution is 6.04. The molecule has 0 atom stereocenters. The number of hydrogen-bond acceptors (Lipinski definition) is 5. The highest BCUT2D eigenvalue weighted by Crippen LogP contribution is 2.30. The Labute approximate surface area is 255 Å². The van der Waals surface area contributed by atoms with Crippen molar-refractivity contribution < 1.29 is 19.1 Å². The van der Waals surface area contributed by atoms with Gasteiger partial charge in [-0.25, -0.2) is 4.79 Å². The molecule has 1 saturated carbocycles. The molecule has 0 unspecified atom stereocenters. The van der Waals surface area contributed by atoms with Crippen LogP contribution in [-0.4, -0.2) is 48.6 Å². The van der Waals surface area contributed by atoms with E-state index in [0.29, 0.717) is 35.0 Å². The normalized spacial score (nSPS) is 15.8. The van der Waals surface area contributed by atoms with Crippen molar-refractivity contribution in [3.8, 4) is 17.2 Å². The average molecular weight is 585 g/mol. The van der Waals surface area contributed by atoms with Crippen LogP contribution in [0.25, 0.3) is 0 Å². The molecule has 228 valence electrons. The van der Waals surface area contributed by atoms with Crippen LogP contribution in [0.15, 0.2) is 66.7 Å². The lowest BCUT2D eigenvalue weighted by atomic mass is 9.90. The van der Waals surface area contributed by atoms with Crippen molar-refractivity contribution in [1.82, 2.24) is 10.2 Å². The monoisotopic (exact) mass is 584 g/mol. The van der Waals surface area contributed by atoms with Crippen molar-refractivity contribution in [2.75, 3.05) is 30.3 Å². The Balaban J connectivity index is 1.07. The highest BCUT2D eigenvalue weighted by Gasteiger charge is 2.29. The van der Waals surface area contributed by atoms with E-state index in [-0.39, 0.29) is 18.0 Å². The first-order chi connectivity index (χ1) is 21.0. The molecule has 3 amide bonds. The van der Waals surface area contributed by atoms with Crippen LogP contribution in [-0.2, 0) is 0 Å². The number of unbranched alkanes of at least 4 members (excludes halogenated alkanes) is 2. The minimum Gasteiger partial charge on any atom is -0.490 e. The Morgan fingerprint density at radius 3 is 2.19 bits per heavy atom. The minimum absolute atomic E-state index is 0.175. The third kappa shape index (κ3) is 8.74. The average Bonchev–Trinajstić information content (AvgIpc) is 2.98. The van der Waals surface area contributed by atoms with Gasteiger partial charge in [-0.2, -0.15) is 0 Å². The molecule has 0 spiro atoms. The van der Waals surface area contributed by atoms with Gasteiger partial charge in [0, 0.05) is 42.6 Å². The second kappa shape index (κ2) is 14.9. The summed E-state index contributed by atoms with van der Waals surface area (Å²) < 4.78 is 12.3. The standard InChI is InChI=1S/C35H44N4O4/c1-3-4-5-21-36-35(41)38-27-11-16-31(17-12-27)43-33-18-13-28(24-25(33)2)37-34(40)26-9-14-30(15-10-26)42-32-19-22-39(23-20-32)29-7-6-8-29/h9-18,24,29,32H,3-8,19-23H2,1-2H3,(H,37,40)(H2,36,38,41). The zero-order chi connectivity index (χ0) is 30.0. The summed E-state index contributed by atoms with van der Waals surface area (Å²) in [5, 5.41) is 8.68. The predicted molar refractivity (Wildman–Crippen MR) is 171 cm³/mol. The molecule has 1 heterocycles. The van der Waals surface area contributed by atoms with E-state index in [4.69, 9.17) is 9.47 Å². The molecule has 1 saturated heterocycles. The lowest BCUT2D eigenvalue weighted by Gasteiger charge is -2.41. The summed E-state index contributed by atoms with van der Waals surface area (Å²) in [5.74, 6) is 1.98. The maximum atomic E-state index is 12.9. The number of amides is 3. The van der Waals surface area contributed by atoms with Gasteiger partial charge in [0.15, 0.2) is 0 Å². The van der Waals surface area contributed by atoms with E-state index in [1.165, 1.54) is 19.3 Å². The van der Waals surface area contributed by atoms with Crippen LogP contribution in [0.1, 0.15) is 74.2 Å². The van der Waals surface area contributed by atoms with E-state index in [1.807, 2.05) is 61.5 Å². The number of ether oxygens (including phenoxy) is 2. The summed E-state index contributed by atoms with van der Waals surface area (Å²) in [5.41, 5.74) is 2.85. The molecule has 1 aliphatic heterocycles. The first-order valence-electron chi connectivity index (χ1n) is 15.7. The summed E-state index contributed by atoms with van der Waals surface area (Å²) in [6, 6.07) is 20.8. The molecule has 1 aliphatic carbocycles. The van der Waals surface area contributed by atoms with E-state index >= 15 is 0 Å². The molecule has 3 aromatic rings. The molecular formula is C35H44N4O4. The summed E-state index contributed by atoms with van der Waals surface area (Å²) >= 11 is 0. The second-order valence-corrected chi connectivity index (χ2v) is 11.6. The van der Waals surface area contributed by atoms with E-state index in [9.17, 15) is 9.59 Å². The molecule has 8 nitrogen and oxygen atoms in total. The summed E-state index contributed by atoms with van der Waals surface area (Å²) in [4.78, 5) is 27.6. The van der Waals surface area contributed by atoms with Gasteiger partial charge in [0.2, 0.25) is 0 Å². The van der Waals surface area contributed by atoms with Crippen molar-refractivity contribution in [2.24, 2.45) is 0 Å². The number of carbonyl (C=O) groups excluding carboxylic acids is 2. The number of benzene rings is 3. The maximum Gasteiger partial charge on any atom is 0.319 e. The number of nitrogens with zero attached hydrogens (tertiary/aromatic N) is 1. The number of rotatable bonds is 12. The SMILES string of the molecule is CCCCCNC(=O)Nc1ccc(Oc2ccc(NC(=O)c3ccc(OC4CCN(C5CCC5)CC4)cc3)cc2C)cc1. The fourth-order valence-electron chi connectivity index (χ4n) is 5.52. The van der Waals surface area contributed by atoms with Crippen LogP contribution in [0, 0.1) is 6.92 Å². The van der Waals surface area contributed by atoms with E-state index in [0.717, 1.165) is 62.5 Å². The van der Waals surface area contributed by atoms with Crippen LogP contribution in [0.4, 0.5) is 16.2 Å². The van der Waals surface area contributed by atoms with Crippen molar-refractivity contribution in [1.29, 1.82) is 0 Å². The number of anilines is 2. The molecule has 5 rings (SSSR count). The fraction of sp³-hybridized carbons (Fsp3) is 0.429. The third-order valence-corrected chi connectivity index (χ3v) is 8.33. The van der Waals surface area contributed by atoms with Gasteiger partial charge in [0.25, 0.3) is 5.91 Å². The zero-order valence-electron chi connectivity index (χ0n) is 25.4. The molecule has 8 heteroatoms. The number of likely N-dealkylation sites (tertiary alicyclic amines) is 1. The van der Waals surface area contributed by atoms with Crippen LogP contribution in [0.3, 0.4) is 0 Å². The largest absolute Gasteiger partial charge is 0.490 e. The van der Waals surface area contributed by atoms with Crippen molar-refractivity contribution >= 4 is 23.3 Å². The van der Waals surface area contributed by atoms with Gasteiger partial charge in [0.05, 0.1) is 0 Å². The quantitative estimate of drug-likeness (QED) is 0.189. The lowest BCUT2D eigenvalue weighted by molar-refractivity contribution is 0.0493. The first kappa shape index (κ1) is 30.4. The summed E-state index contributed by atoms with van der Waals surface area (Å²) in [7, 11) is 0. The number of piperidine rings is 1. The number of carbonyl (C=O) groups is 2. The molecule has 2 aliphatic rings. The molecule has 0 radical (unpaired) electrons. The topological polar surface area (TPSA) is 91.9 Å². The molecular weight excluding hydrogens is 540 g/mol. The second-order valence-electron chi connectivity index (χ2n) is 11.6. The summed E-state index contributed by atoms with van der Waals surface area (Å²) in [6.45, 7) is 6.96. The van der Waals surface area contributed by atoms with Crippen LogP contribution in [0.5, 0.6) is 17.2 Å². The predicted octanol–water partition coefficient (Wildman–Crippen LogP) is 7.75. The molecule has 43 heavy (non-hydrogen) atoms. The van der Waals surface area contributed by atoms with Gasteiger partial charge in [-0.1, -0.05) is 26.2 Å². The lowest BCUT2D eigenvalue weighted by Crippen LogP contribution is -2.46. The fourth-order valence-corrected chi connectivity index (χ4v) is 5.52. The Morgan fingerprint density at radius 1 is 0.837 bits per heavy atom. The van der Waals surface area contributed by atoms with Gasteiger partial charge in [-0.15, -0.1) is 0 Å². The van der Waals surface area contributed by atoms with E-state index in [2.05, 4.69) is 27.8 Å². The minimum atomic E-state index is -0.211. The van der Waals surface area contributed by atoms with Gasteiger partial charge < -0.3 is 30.3 Å². The van der Waals surface area contributed by atoms with E-state index < -0.39 is 0 Å². The first-order valence-corrected chi connectivity index (χ1v) is 15.7. The van der Waals surface area contributed by atoms with Gasteiger partial charge in [0.1, 0.15) is 23.4 Å². The Morgan fingerprint density at radius 2 is 1.53 bits per heavy atom. The zero-order valence-corrected chi connectivity index (χ0v) is 25.4. The van der Waals surface area contributed by atoms with E-state index in [1.54, 1.807) is 12.1 Å². The van der Waals surface area contributed by atoms with Gasteiger partial charge in [-0.3, -0.25) is 4.79 Å². The van der Waals surface area contributed by atoms with Crippen molar-refractivity contribution in [3.05, 3.63) is 77.9 Å². The Hall–Kier alpha value is -4.04. The van der Waals surface area contributed by atoms with Crippen LogP contribution in [0.2, 0.25) is 0 Å². The molecule has 0 aromatic heterocycles. The van der Waals surface area contributed by atoms with Crippen LogP contribution < -0.4 is 25.4 Å². The van der Waals surface area contributed by atoms with Crippen molar-refractivity contribution in [3.63, 3.8) is 0 Å².